The van der Waals surface area contributed by atoms with Gasteiger partial charge in [0, 0.05) is 22.5 Å². The summed E-state index contributed by atoms with van der Waals surface area (Å²) in [7, 11) is 1.59. The number of methoxy groups -OCH3 is 1. The molecule has 1 heterocycles. The molecule has 0 fully saturated rings. The molecule has 2 aromatic carbocycles. The number of nitrogens with one attached hydrogen (secondary N) is 1. The number of carbonyl (C=O) groups excluding carboxylic acids is 1. The number of rotatable bonds is 6. The third-order valence-electron chi connectivity index (χ3n) is 5.12. The minimum atomic E-state index is -0.259. The topological polar surface area (TPSA) is 55.6 Å². The summed E-state index contributed by atoms with van der Waals surface area (Å²) in [5.74, 6) is 0.449. The molecule has 0 bridgehead atoms. The normalized spacial score (nSPS) is 11.1. The van der Waals surface area contributed by atoms with Crippen molar-refractivity contribution in [3.8, 4) is 11.4 Å². The first kappa shape index (κ1) is 20.4. The number of hydrazone groups is 1. The van der Waals surface area contributed by atoms with Crippen LogP contribution in [0.3, 0.4) is 0 Å². The fourth-order valence-electron chi connectivity index (χ4n) is 3.55. The molecule has 29 heavy (non-hydrogen) atoms. The molecule has 1 amide bonds. The number of aromatic nitrogens is 1. The summed E-state index contributed by atoms with van der Waals surface area (Å²) >= 11 is 0. The van der Waals surface area contributed by atoms with Crippen molar-refractivity contribution >= 4 is 12.1 Å². The summed E-state index contributed by atoms with van der Waals surface area (Å²) < 4.78 is 7.38. The Hall–Kier alpha value is -3.34. The molecular weight excluding hydrogens is 362 g/mol. The quantitative estimate of drug-likeness (QED) is 0.489. The van der Waals surface area contributed by atoms with E-state index in [1.54, 1.807) is 37.6 Å². The molecule has 0 aliphatic carbocycles. The van der Waals surface area contributed by atoms with Crippen molar-refractivity contribution in [2.75, 3.05) is 7.11 Å². The van der Waals surface area contributed by atoms with Gasteiger partial charge in [0.15, 0.2) is 0 Å². The number of aryl methyl sites for hydroxylation is 3. The van der Waals surface area contributed by atoms with E-state index < -0.39 is 0 Å². The van der Waals surface area contributed by atoms with Crippen molar-refractivity contribution in [2.45, 2.75) is 34.1 Å². The molecule has 1 N–H and O–H groups in total. The van der Waals surface area contributed by atoms with E-state index in [2.05, 4.69) is 67.1 Å². The van der Waals surface area contributed by atoms with E-state index in [4.69, 9.17) is 4.74 Å². The van der Waals surface area contributed by atoms with Gasteiger partial charge in [-0.05, 0) is 68.7 Å². The predicted molar refractivity (Wildman–Crippen MR) is 117 cm³/mol. The molecule has 0 aliphatic rings. The number of amides is 1. The average Bonchev–Trinajstić information content (AvgIpc) is 3.01. The minimum absolute atomic E-state index is 0.259. The Kier molecular flexibility index (Phi) is 6.17. The number of carbonyl (C=O) groups is 1. The van der Waals surface area contributed by atoms with Gasteiger partial charge in [-0.3, -0.25) is 4.79 Å². The molecule has 0 unspecified atom stereocenters. The Labute approximate surface area is 172 Å². The Bertz CT molecular complexity index is 1050. The summed E-state index contributed by atoms with van der Waals surface area (Å²) in [4.78, 5) is 12.3. The smallest absolute Gasteiger partial charge is 0.271 e. The maximum absolute atomic E-state index is 12.3. The number of para-hydroxylation sites is 1. The third kappa shape index (κ3) is 4.24. The summed E-state index contributed by atoms with van der Waals surface area (Å²) in [6, 6.07) is 15.4. The molecule has 3 rings (SSSR count). The first-order chi connectivity index (χ1) is 14.0. The fourth-order valence-corrected chi connectivity index (χ4v) is 3.55. The Morgan fingerprint density at radius 3 is 2.52 bits per heavy atom. The van der Waals surface area contributed by atoms with E-state index in [9.17, 15) is 4.79 Å². The molecule has 0 saturated heterocycles. The molecule has 0 spiro atoms. The van der Waals surface area contributed by atoms with E-state index in [1.165, 1.54) is 16.8 Å². The van der Waals surface area contributed by atoms with Gasteiger partial charge in [0.1, 0.15) is 5.75 Å². The van der Waals surface area contributed by atoms with Gasteiger partial charge in [-0.15, -0.1) is 0 Å². The molecule has 1 aromatic heterocycles. The van der Waals surface area contributed by atoms with Crippen LogP contribution in [0.15, 0.2) is 53.6 Å². The van der Waals surface area contributed by atoms with E-state index in [1.807, 2.05) is 0 Å². The number of benzene rings is 2. The van der Waals surface area contributed by atoms with E-state index in [0.29, 0.717) is 11.3 Å². The highest BCUT2D eigenvalue weighted by Gasteiger charge is 2.14. The van der Waals surface area contributed by atoms with Gasteiger partial charge in [-0.1, -0.05) is 25.1 Å². The highest BCUT2D eigenvalue weighted by molar-refractivity contribution is 5.95. The van der Waals surface area contributed by atoms with Crippen LogP contribution in [0.5, 0.6) is 5.75 Å². The molecule has 150 valence electrons. The lowest BCUT2D eigenvalue weighted by atomic mass is 10.1. The van der Waals surface area contributed by atoms with Crippen molar-refractivity contribution in [1.29, 1.82) is 0 Å². The maximum atomic E-state index is 12.3. The highest BCUT2D eigenvalue weighted by atomic mass is 16.5. The van der Waals surface area contributed by atoms with Gasteiger partial charge >= 0.3 is 0 Å². The summed E-state index contributed by atoms with van der Waals surface area (Å²) in [6.45, 7) is 8.47. The van der Waals surface area contributed by atoms with E-state index >= 15 is 0 Å². The van der Waals surface area contributed by atoms with Crippen molar-refractivity contribution in [3.63, 3.8) is 0 Å². The molecule has 3 aromatic rings. The van der Waals surface area contributed by atoms with Gasteiger partial charge in [0.2, 0.25) is 0 Å². The third-order valence-corrected chi connectivity index (χ3v) is 5.12. The van der Waals surface area contributed by atoms with E-state index in [0.717, 1.165) is 23.4 Å². The minimum Gasteiger partial charge on any atom is -0.497 e. The van der Waals surface area contributed by atoms with Crippen LogP contribution in [0.1, 0.15) is 45.4 Å². The molecule has 0 aliphatic heterocycles. The zero-order valence-corrected chi connectivity index (χ0v) is 17.6. The molecule has 0 radical (unpaired) electrons. The lowest BCUT2D eigenvalue weighted by Gasteiger charge is -2.17. The maximum Gasteiger partial charge on any atom is 0.271 e. The van der Waals surface area contributed by atoms with Crippen molar-refractivity contribution < 1.29 is 9.53 Å². The van der Waals surface area contributed by atoms with Crippen molar-refractivity contribution in [3.05, 3.63) is 82.2 Å². The van der Waals surface area contributed by atoms with Gasteiger partial charge in [-0.25, -0.2) is 5.43 Å². The number of hydrogen-bond donors (Lipinski definition) is 1. The summed E-state index contributed by atoms with van der Waals surface area (Å²) in [5, 5.41) is 4.17. The highest BCUT2D eigenvalue weighted by Crippen LogP contribution is 2.26. The van der Waals surface area contributed by atoms with E-state index in [-0.39, 0.29) is 5.91 Å². The first-order valence-electron chi connectivity index (χ1n) is 9.71. The largest absolute Gasteiger partial charge is 0.497 e. The second kappa shape index (κ2) is 8.78. The van der Waals surface area contributed by atoms with Crippen LogP contribution < -0.4 is 10.2 Å². The van der Waals surface area contributed by atoms with Crippen molar-refractivity contribution in [2.24, 2.45) is 5.10 Å². The van der Waals surface area contributed by atoms with Gasteiger partial charge in [0.25, 0.3) is 5.91 Å². The Balaban J connectivity index is 1.83. The first-order valence-corrected chi connectivity index (χ1v) is 9.71. The number of nitrogens with zero attached hydrogens (tertiary/aromatic N) is 2. The van der Waals surface area contributed by atoms with Crippen LogP contribution in [0, 0.1) is 20.8 Å². The second-order valence-corrected chi connectivity index (χ2v) is 7.03. The molecule has 0 saturated carbocycles. The standard InChI is InChI=1S/C24H27N3O2/c1-6-19-9-7-8-16(2)23(19)27-17(3)14-21(18(27)4)15-25-26-24(28)20-10-12-22(29-5)13-11-20/h7-15H,6H2,1-5H3,(H,26,28)/b25-15-. The lowest BCUT2D eigenvalue weighted by Crippen LogP contribution is -2.17. The molecule has 0 atom stereocenters. The summed E-state index contributed by atoms with van der Waals surface area (Å²) in [5.41, 5.74) is 10.1. The zero-order valence-electron chi connectivity index (χ0n) is 17.6. The molecular formula is C24H27N3O2. The average molecular weight is 389 g/mol. The summed E-state index contributed by atoms with van der Waals surface area (Å²) in [6.07, 6.45) is 2.67. The van der Waals surface area contributed by atoms with Crippen LogP contribution >= 0.6 is 0 Å². The zero-order chi connectivity index (χ0) is 21.0. The van der Waals surface area contributed by atoms with Crippen LogP contribution in [0.4, 0.5) is 0 Å². The lowest BCUT2D eigenvalue weighted by molar-refractivity contribution is 0.0955. The molecule has 5 heteroatoms. The Morgan fingerprint density at radius 2 is 1.86 bits per heavy atom. The fraction of sp³-hybridized carbons (Fsp3) is 0.250. The monoisotopic (exact) mass is 389 g/mol. The van der Waals surface area contributed by atoms with Gasteiger partial charge < -0.3 is 9.30 Å². The number of ether oxygens (including phenoxy) is 1. The van der Waals surface area contributed by atoms with Crippen LogP contribution in [0.25, 0.3) is 5.69 Å². The SMILES string of the molecule is CCc1cccc(C)c1-n1c(C)cc(/C=N\NC(=O)c2ccc(OC)cc2)c1C. The van der Waals surface area contributed by atoms with Gasteiger partial charge in [0.05, 0.1) is 19.0 Å². The predicted octanol–water partition coefficient (Wildman–Crippen LogP) is 4.74. The van der Waals surface area contributed by atoms with Crippen LogP contribution in [0.2, 0.25) is 0 Å². The second-order valence-electron chi connectivity index (χ2n) is 7.03. The number of hydrogen-bond acceptors (Lipinski definition) is 3. The van der Waals surface area contributed by atoms with Gasteiger partial charge in [-0.2, -0.15) is 5.10 Å². The molecule has 5 nitrogen and oxygen atoms in total. The van der Waals surface area contributed by atoms with Crippen LogP contribution in [-0.2, 0) is 6.42 Å². The van der Waals surface area contributed by atoms with Crippen LogP contribution in [-0.4, -0.2) is 23.8 Å². The van der Waals surface area contributed by atoms with Crippen molar-refractivity contribution in [1.82, 2.24) is 9.99 Å². The Morgan fingerprint density at radius 1 is 1.14 bits per heavy atom.